The number of nitrogens with one attached hydrogen (secondary N) is 1. The van der Waals surface area contributed by atoms with Crippen LogP contribution in [0.3, 0.4) is 0 Å². The van der Waals surface area contributed by atoms with E-state index in [9.17, 15) is 0 Å². The fraction of sp³-hybridized carbons (Fsp3) is 0.182. The van der Waals surface area contributed by atoms with Crippen molar-refractivity contribution in [1.82, 2.24) is 15.0 Å². The molecule has 0 aliphatic rings. The molecular weight excluding hydrogens is 402 g/mol. The zero-order chi connectivity index (χ0) is 13.8. The molecule has 0 amide bonds. The van der Waals surface area contributed by atoms with Gasteiger partial charge in [0.25, 0.3) is 0 Å². The van der Waals surface area contributed by atoms with Gasteiger partial charge < -0.3 is 10.1 Å². The molecule has 8 heteroatoms. The minimum Gasteiger partial charge on any atom is -0.464 e. The number of aromatic nitrogens is 3. The average Bonchev–Trinajstić information content (AvgIpc) is 2.32. The zero-order valence-corrected chi connectivity index (χ0v) is 13.5. The molecule has 2 rings (SSSR count). The number of rotatable bonds is 4. The largest absolute Gasteiger partial charge is 0.464 e. The number of hydrogen-bond donors (Lipinski definition) is 1. The van der Waals surface area contributed by atoms with Crippen molar-refractivity contribution in [3.63, 3.8) is 0 Å². The predicted octanol–water partition coefficient (Wildman–Crippen LogP) is 3.93. The van der Waals surface area contributed by atoms with Crippen LogP contribution in [0.2, 0.25) is 10.3 Å². The maximum absolute atomic E-state index is 5.90. The second-order valence-corrected chi connectivity index (χ2v) is 5.33. The maximum atomic E-state index is 5.90. The van der Waals surface area contributed by atoms with Gasteiger partial charge in [0.05, 0.1) is 12.3 Å². The number of anilines is 2. The molecule has 1 aromatic carbocycles. The second kappa shape index (κ2) is 6.53. The Labute approximate surface area is 133 Å². The van der Waals surface area contributed by atoms with E-state index in [1.165, 1.54) is 0 Å². The monoisotopic (exact) mass is 410 g/mol. The first-order valence-electron chi connectivity index (χ1n) is 5.35. The van der Waals surface area contributed by atoms with Gasteiger partial charge in [-0.05, 0) is 59.3 Å². The predicted molar refractivity (Wildman–Crippen MR) is 83.5 cm³/mol. The van der Waals surface area contributed by atoms with Crippen LogP contribution in [0.25, 0.3) is 0 Å². The summed E-state index contributed by atoms with van der Waals surface area (Å²) in [4.78, 5) is 12.0. The van der Waals surface area contributed by atoms with Gasteiger partial charge in [-0.25, -0.2) is 0 Å². The molecular formula is C11H9Cl2IN4O. The van der Waals surface area contributed by atoms with Crippen LogP contribution in [0.1, 0.15) is 6.92 Å². The third-order valence-corrected chi connectivity index (χ3v) is 3.34. The Morgan fingerprint density at radius 1 is 1.26 bits per heavy atom. The van der Waals surface area contributed by atoms with Crippen molar-refractivity contribution in [2.75, 3.05) is 11.9 Å². The lowest BCUT2D eigenvalue weighted by Gasteiger charge is -2.08. The van der Waals surface area contributed by atoms with Gasteiger partial charge in [0.2, 0.25) is 11.2 Å². The number of benzene rings is 1. The lowest BCUT2D eigenvalue weighted by atomic mass is 10.3. The van der Waals surface area contributed by atoms with E-state index < -0.39 is 0 Å². The molecule has 5 nitrogen and oxygen atoms in total. The van der Waals surface area contributed by atoms with Crippen LogP contribution < -0.4 is 10.1 Å². The highest BCUT2D eigenvalue weighted by molar-refractivity contribution is 14.1. The highest BCUT2D eigenvalue weighted by atomic mass is 127. The highest BCUT2D eigenvalue weighted by Gasteiger charge is 2.08. The fourth-order valence-corrected chi connectivity index (χ4v) is 2.45. The first kappa shape index (κ1) is 14.5. The molecule has 0 aliphatic heterocycles. The number of nitrogens with zero attached hydrogens (tertiary/aromatic N) is 3. The number of halogens is 3. The van der Waals surface area contributed by atoms with Gasteiger partial charge >= 0.3 is 6.01 Å². The Balaban J connectivity index is 2.27. The molecule has 0 saturated carbocycles. The van der Waals surface area contributed by atoms with Crippen LogP contribution in [-0.2, 0) is 0 Å². The van der Waals surface area contributed by atoms with Crippen molar-refractivity contribution >= 4 is 57.4 Å². The van der Waals surface area contributed by atoms with Gasteiger partial charge in [0.1, 0.15) is 0 Å². The third kappa shape index (κ3) is 4.05. The van der Waals surface area contributed by atoms with E-state index in [0.29, 0.717) is 17.6 Å². The van der Waals surface area contributed by atoms with Crippen LogP contribution in [0.5, 0.6) is 6.01 Å². The molecule has 1 N–H and O–H groups in total. The Kier molecular flexibility index (Phi) is 5.00. The third-order valence-electron chi connectivity index (χ3n) is 2.04. The summed E-state index contributed by atoms with van der Waals surface area (Å²) in [6.07, 6.45) is 0. The van der Waals surface area contributed by atoms with Crippen molar-refractivity contribution in [2.45, 2.75) is 6.92 Å². The molecule has 0 aliphatic carbocycles. The molecule has 100 valence electrons. The smallest absolute Gasteiger partial charge is 0.322 e. The summed E-state index contributed by atoms with van der Waals surface area (Å²) in [6, 6.07) is 5.63. The SMILES string of the molecule is CCOc1nc(Cl)nc(Nc2ccc(Cl)cc2I)n1. The van der Waals surface area contributed by atoms with E-state index in [2.05, 4.69) is 42.9 Å². The molecule has 0 unspecified atom stereocenters. The Morgan fingerprint density at radius 2 is 2.05 bits per heavy atom. The van der Waals surface area contributed by atoms with Crippen LogP contribution in [0.4, 0.5) is 11.6 Å². The van der Waals surface area contributed by atoms with Gasteiger partial charge in [0, 0.05) is 8.59 Å². The standard InChI is InChI=1S/C11H9Cl2IN4O/c1-2-19-11-17-9(13)16-10(18-11)15-8-4-3-6(12)5-7(8)14/h3-5H,2H2,1H3,(H,15,16,17,18). The Hall–Kier alpha value is -0.860. The molecule has 19 heavy (non-hydrogen) atoms. The quantitative estimate of drug-likeness (QED) is 0.774. The van der Waals surface area contributed by atoms with Crippen molar-refractivity contribution in [1.29, 1.82) is 0 Å². The van der Waals surface area contributed by atoms with Crippen LogP contribution in [0.15, 0.2) is 18.2 Å². The van der Waals surface area contributed by atoms with E-state index >= 15 is 0 Å². The molecule has 1 aromatic heterocycles. The molecule has 0 radical (unpaired) electrons. The van der Waals surface area contributed by atoms with Crippen LogP contribution in [-0.4, -0.2) is 21.6 Å². The van der Waals surface area contributed by atoms with Crippen LogP contribution in [0, 0.1) is 3.57 Å². The van der Waals surface area contributed by atoms with Crippen molar-refractivity contribution < 1.29 is 4.74 Å². The summed E-state index contributed by atoms with van der Waals surface area (Å²) in [5.41, 5.74) is 0.828. The first-order chi connectivity index (χ1) is 9.08. The van der Waals surface area contributed by atoms with E-state index in [4.69, 9.17) is 27.9 Å². The minimum atomic E-state index is 0.0740. The lowest BCUT2D eigenvalue weighted by Crippen LogP contribution is -2.04. The lowest BCUT2D eigenvalue weighted by molar-refractivity contribution is 0.312. The average molecular weight is 411 g/mol. The van der Waals surface area contributed by atoms with Gasteiger partial charge in [0.15, 0.2) is 0 Å². The summed E-state index contributed by atoms with van der Waals surface area (Å²) in [5, 5.41) is 3.79. The summed E-state index contributed by atoms with van der Waals surface area (Å²) in [7, 11) is 0. The molecule has 0 spiro atoms. The van der Waals surface area contributed by atoms with E-state index in [-0.39, 0.29) is 11.3 Å². The number of ether oxygens (including phenoxy) is 1. The van der Waals surface area contributed by atoms with Crippen molar-refractivity contribution in [3.8, 4) is 6.01 Å². The zero-order valence-electron chi connectivity index (χ0n) is 9.82. The van der Waals surface area contributed by atoms with Gasteiger partial charge in [-0.3, -0.25) is 0 Å². The molecule has 0 saturated heterocycles. The summed E-state index contributed by atoms with van der Waals surface area (Å²) < 4.78 is 6.15. The molecule has 0 bridgehead atoms. The normalized spacial score (nSPS) is 10.3. The minimum absolute atomic E-state index is 0.0740. The highest BCUT2D eigenvalue weighted by Crippen LogP contribution is 2.25. The first-order valence-corrected chi connectivity index (χ1v) is 7.18. The summed E-state index contributed by atoms with van der Waals surface area (Å²) in [5.74, 6) is 0.323. The van der Waals surface area contributed by atoms with Gasteiger partial charge in [-0.2, -0.15) is 15.0 Å². The van der Waals surface area contributed by atoms with E-state index in [0.717, 1.165) is 9.26 Å². The van der Waals surface area contributed by atoms with Crippen LogP contribution >= 0.6 is 45.8 Å². The topological polar surface area (TPSA) is 59.9 Å². The second-order valence-electron chi connectivity index (χ2n) is 3.39. The van der Waals surface area contributed by atoms with E-state index in [1.54, 1.807) is 6.07 Å². The molecule has 1 heterocycles. The summed E-state index contributed by atoms with van der Waals surface area (Å²) >= 11 is 13.9. The maximum Gasteiger partial charge on any atom is 0.322 e. The van der Waals surface area contributed by atoms with Gasteiger partial charge in [-0.15, -0.1) is 0 Å². The fourth-order valence-electron chi connectivity index (χ4n) is 1.29. The molecule has 0 fully saturated rings. The Bertz CT molecular complexity index is 597. The van der Waals surface area contributed by atoms with Gasteiger partial charge in [-0.1, -0.05) is 11.6 Å². The molecule has 2 aromatic rings. The Morgan fingerprint density at radius 3 is 2.74 bits per heavy atom. The van der Waals surface area contributed by atoms with E-state index in [1.807, 2.05) is 19.1 Å². The molecule has 0 atom stereocenters. The number of hydrogen-bond acceptors (Lipinski definition) is 5. The van der Waals surface area contributed by atoms with Crippen molar-refractivity contribution in [2.24, 2.45) is 0 Å². The summed E-state index contributed by atoms with van der Waals surface area (Å²) in [6.45, 7) is 2.30. The van der Waals surface area contributed by atoms with Crippen molar-refractivity contribution in [3.05, 3.63) is 32.1 Å².